The molecule has 1 heterocycles. The number of carbonyl (C=O) groups is 2. The minimum Gasteiger partial charge on any atom is -0.490 e. The van der Waals surface area contributed by atoms with Gasteiger partial charge in [0.05, 0.1) is 43.1 Å². The van der Waals surface area contributed by atoms with Crippen molar-refractivity contribution in [1.29, 1.82) is 0 Å². The van der Waals surface area contributed by atoms with Gasteiger partial charge in [0.15, 0.2) is 0 Å². The van der Waals surface area contributed by atoms with Crippen LogP contribution in [-0.2, 0) is 19.6 Å². The smallest absolute Gasteiger partial charge is 0.389 e. The molecule has 2 N–H and O–H groups in total. The van der Waals surface area contributed by atoms with Crippen LogP contribution < -0.4 is 9.46 Å². The van der Waals surface area contributed by atoms with Crippen molar-refractivity contribution in [2.24, 2.45) is 5.92 Å². The lowest BCUT2D eigenvalue weighted by atomic mass is 10.0. The molecule has 0 spiro atoms. The van der Waals surface area contributed by atoms with E-state index in [0.29, 0.717) is 19.4 Å². The van der Waals surface area contributed by atoms with Crippen molar-refractivity contribution in [3.05, 3.63) is 23.8 Å². The third-order valence-electron chi connectivity index (χ3n) is 6.86. The van der Waals surface area contributed by atoms with Crippen LogP contribution in [0.5, 0.6) is 5.75 Å². The monoisotopic (exact) mass is 609 g/mol. The Morgan fingerprint density at radius 1 is 1.27 bits per heavy atom. The molecule has 1 aromatic rings. The van der Waals surface area contributed by atoms with E-state index in [2.05, 4.69) is 4.72 Å². The molecule has 234 valence electrons. The maximum Gasteiger partial charge on any atom is 0.389 e. The number of benzene rings is 1. The van der Waals surface area contributed by atoms with Gasteiger partial charge in [-0.15, -0.1) is 0 Å². The first-order valence-corrected chi connectivity index (χ1v) is 15.5. The number of fused-ring (bicyclic) bond motifs is 1. The number of sulfonamides is 1. The number of hydrogen-bond donors (Lipinski definition) is 2. The molecule has 0 radical (unpaired) electrons. The summed E-state index contributed by atoms with van der Waals surface area (Å²) in [5.74, 6) is -1.30. The minimum absolute atomic E-state index is 0.0198. The standard InChI is InChI=1S/C27H42F3N3O7S/c1-18-15-33(19(2)17-34)26(36)22-14-21(31-41(5,37)38)9-10-23(22)40-20(3)8-6-7-13-39-24(18)16-32(4)25(35)11-12-27(28,29)30/h9-10,14,18-20,24,31,34H,6-8,11-13,15-17H2,1-5H3/t18-,19+,20-,24-/m1/s1. The Labute approximate surface area is 240 Å². The van der Waals surface area contributed by atoms with Gasteiger partial charge in [-0.05, 0) is 51.3 Å². The van der Waals surface area contributed by atoms with E-state index in [1.54, 1.807) is 13.8 Å². The fourth-order valence-corrected chi connectivity index (χ4v) is 5.03. The first-order valence-electron chi connectivity index (χ1n) is 13.6. The largest absolute Gasteiger partial charge is 0.490 e. The zero-order valence-corrected chi connectivity index (χ0v) is 25.1. The molecular weight excluding hydrogens is 567 g/mol. The van der Waals surface area contributed by atoms with Crippen molar-refractivity contribution < 1.29 is 45.8 Å². The fraction of sp³-hybridized carbons (Fsp3) is 0.704. The van der Waals surface area contributed by atoms with E-state index in [9.17, 15) is 36.3 Å². The predicted octanol–water partition coefficient (Wildman–Crippen LogP) is 3.65. The van der Waals surface area contributed by atoms with Crippen molar-refractivity contribution in [2.75, 3.05) is 44.3 Å². The number of aliphatic hydroxyl groups is 1. The highest BCUT2D eigenvalue weighted by molar-refractivity contribution is 7.92. The Morgan fingerprint density at radius 3 is 2.56 bits per heavy atom. The third kappa shape index (κ3) is 11.7. The van der Waals surface area contributed by atoms with E-state index in [1.165, 1.54) is 35.0 Å². The van der Waals surface area contributed by atoms with Crippen LogP contribution in [0.3, 0.4) is 0 Å². The zero-order chi connectivity index (χ0) is 31.0. The number of anilines is 1. The number of halogens is 3. The maximum atomic E-state index is 13.9. The van der Waals surface area contributed by atoms with Gasteiger partial charge in [-0.2, -0.15) is 13.2 Å². The predicted molar refractivity (Wildman–Crippen MR) is 148 cm³/mol. The summed E-state index contributed by atoms with van der Waals surface area (Å²) in [5.41, 5.74) is 0.272. The second-order valence-electron chi connectivity index (χ2n) is 10.8. The quantitative estimate of drug-likeness (QED) is 0.461. The summed E-state index contributed by atoms with van der Waals surface area (Å²) >= 11 is 0. The van der Waals surface area contributed by atoms with E-state index in [1.807, 2.05) is 6.92 Å². The first-order chi connectivity index (χ1) is 19.0. The summed E-state index contributed by atoms with van der Waals surface area (Å²) in [7, 11) is -2.21. The summed E-state index contributed by atoms with van der Waals surface area (Å²) in [6, 6.07) is 3.77. The number of ether oxygens (including phenoxy) is 2. The van der Waals surface area contributed by atoms with Gasteiger partial charge in [0.1, 0.15) is 5.75 Å². The number of aliphatic hydroxyl groups excluding tert-OH is 1. The van der Waals surface area contributed by atoms with Crippen LogP contribution in [0.25, 0.3) is 0 Å². The Kier molecular flexibility index (Phi) is 12.7. The summed E-state index contributed by atoms with van der Waals surface area (Å²) in [4.78, 5) is 29.0. The summed E-state index contributed by atoms with van der Waals surface area (Å²) in [6.07, 6.45) is -4.20. The van der Waals surface area contributed by atoms with Crippen molar-refractivity contribution in [1.82, 2.24) is 9.80 Å². The lowest BCUT2D eigenvalue weighted by molar-refractivity contribution is -0.149. The molecule has 2 amide bonds. The van der Waals surface area contributed by atoms with Gasteiger partial charge in [-0.1, -0.05) is 6.92 Å². The number of hydrogen-bond acceptors (Lipinski definition) is 7. The zero-order valence-electron chi connectivity index (χ0n) is 24.2. The van der Waals surface area contributed by atoms with Crippen molar-refractivity contribution >= 4 is 27.5 Å². The molecule has 41 heavy (non-hydrogen) atoms. The van der Waals surface area contributed by atoms with Gasteiger partial charge >= 0.3 is 6.18 Å². The number of amides is 2. The second-order valence-corrected chi connectivity index (χ2v) is 12.5. The number of carbonyl (C=O) groups excluding carboxylic acids is 2. The van der Waals surface area contributed by atoms with Gasteiger partial charge in [0.25, 0.3) is 5.91 Å². The molecule has 1 aliphatic rings. The Hall–Kier alpha value is -2.58. The average molecular weight is 610 g/mol. The lowest BCUT2D eigenvalue weighted by Gasteiger charge is -2.36. The molecule has 1 aromatic carbocycles. The van der Waals surface area contributed by atoms with Crippen molar-refractivity contribution in [3.8, 4) is 5.75 Å². The van der Waals surface area contributed by atoms with Crippen molar-refractivity contribution in [2.45, 2.75) is 77.3 Å². The molecule has 0 saturated heterocycles. The fourth-order valence-electron chi connectivity index (χ4n) is 4.47. The van der Waals surface area contributed by atoms with Crippen molar-refractivity contribution in [3.63, 3.8) is 0 Å². The lowest BCUT2D eigenvalue weighted by Crippen LogP contribution is -2.48. The third-order valence-corrected chi connectivity index (χ3v) is 7.46. The van der Waals surface area contributed by atoms with E-state index >= 15 is 0 Å². The number of nitrogens with zero attached hydrogens (tertiary/aromatic N) is 2. The normalized spacial score (nSPS) is 22.2. The summed E-state index contributed by atoms with van der Waals surface area (Å²) < 4.78 is 76.2. The SMILES string of the molecule is C[C@@H]1CCCCO[C@H](CN(C)C(=O)CCC(F)(F)F)[C@H](C)CN([C@@H](C)CO)C(=O)c2cc(NS(C)(=O)=O)ccc2O1. The molecule has 0 saturated carbocycles. The topological polar surface area (TPSA) is 125 Å². The van der Waals surface area contributed by atoms with Gasteiger partial charge in [0, 0.05) is 44.8 Å². The second kappa shape index (κ2) is 15.1. The van der Waals surface area contributed by atoms with E-state index < -0.39 is 58.9 Å². The molecule has 0 aliphatic carbocycles. The molecule has 10 nitrogen and oxygen atoms in total. The number of alkyl halides is 3. The highest BCUT2D eigenvalue weighted by Gasteiger charge is 2.32. The van der Waals surface area contributed by atoms with E-state index in [0.717, 1.165) is 12.7 Å². The Balaban J connectivity index is 2.42. The highest BCUT2D eigenvalue weighted by Crippen LogP contribution is 2.29. The first kappa shape index (κ1) is 34.6. The number of likely N-dealkylation sites (N-methyl/N-ethyl adjacent to an activating group) is 1. The van der Waals surface area contributed by atoms with Crippen LogP contribution in [0.15, 0.2) is 18.2 Å². The molecule has 1 aliphatic heterocycles. The molecule has 0 aromatic heterocycles. The van der Waals surface area contributed by atoms with E-state index in [4.69, 9.17) is 9.47 Å². The Morgan fingerprint density at radius 2 is 1.95 bits per heavy atom. The average Bonchev–Trinajstić information content (AvgIpc) is 2.87. The van der Waals surface area contributed by atoms with Gasteiger partial charge in [0.2, 0.25) is 15.9 Å². The summed E-state index contributed by atoms with van der Waals surface area (Å²) in [6.45, 7) is 5.37. The summed E-state index contributed by atoms with van der Waals surface area (Å²) in [5, 5.41) is 9.98. The molecule has 0 unspecified atom stereocenters. The highest BCUT2D eigenvalue weighted by atomic mass is 32.2. The molecule has 14 heteroatoms. The number of rotatable bonds is 8. The van der Waals surface area contributed by atoms with Gasteiger partial charge < -0.3 is 24.4 Å². The van der Waals surface area contributed by atoms with Gasteiger partial charge in [-0.3, -0.25) is 14.3 Å². The van der Waals surface area contributed by atoms with Crippen LogP contribution in [0.2, 0.25) is 0 Å². The molecule has 0 fully saturated rings. The molecule has 2 rings (SSSR count). The molecule has 0 bridgehead atoms. The van der Waals surface area contributed by atoms with Crippen LogP contribution in [0.4, 0.5) is 18.9 Å². The van der Waals surface area contributed by atoms with Gasteiger partial charge in [-0.25, -0.2) is 8.42 Å². The van der Waals surface area contributed by atoms with Crippen LogP contribution in [0, 0.1) is 5.92 Å². The minimum atomic E-state index is -4.44. The van der Waals surface area contributed by atoms with E-state index in [-0.39, 0.29) is 42.8 Å². The van der Waals surface area contributed by atoms with Crippen LogP contribution in [-0.4, -0.2) is 99.2 Å². The number of nitrogens with one attached hydrogen (secondary N) is 1. The van der Waals surface area contributed by atoms with Crippen LogP contribution >= 0.6 is 0 Å². The Bertz CT molecular complexity index is 1130. The molecular formula is C27H42F3N3O7S. The molecule has 4 atom stereocenters. The maximum absolute atomic E-state index is 13.9. The van der Waals surface area contributed by atoms with Crippen LogP contribution in [0.1, 0.15) is 63.2 Å².